The van der Waals surface area contributed by atoms with Gasteiger partial charge in [-0.15, -0.1) is 0 Å². The van der Waals surface area contributed by atoms with Gasteiger partial charge in [-0.3, -0.25) is 19.4 Å². The largest absolute Gasteiger partial charge is 0.419 e. The molecule has 3 heterocycles. The molecule has 39 heavy (non-hydrogen) atoms. The molecule has 2 unspecified atom stereocenters. The van der Waals surface area contributed by atoms with Gasteiger partial charge in [0.1, 0.15) is 11.6 Å². The normalized spacial score (nSPS) is 21.7. The lowest BCUT2D eigenvalue weighted by atomic mass is 9.75. The fourth-order valence-electron chi connectivity index (χ4n) is 5.54. The third-order valence-corrected chi connectivity index (χ3v) is 7.95. The molecule has 1 aromatic heterocycles. The Labute approximate surface area is 227 Å². The van der Waals surface area contributed by atoms with Crippen LogP contribution in [0.4, 0.5) is 23.2 Å². The summed E-state index contributed by atoms with van der Waals surface area (Å²) in [7, 11) is 0. The predicted octanol–water partition coefficient (Wildman–Crippen LogP) is 3.98. The number of nitrogens with zero attached hydrogens (tertiary/aromatic N) is 5. The molecular weight excluding hydrogens is 536 g/mol. The van der Waals surface area contributed by atoms with Gasteiger partial charge in [0, 0.05) is 12.1 Å². The van der Waals surface area contributed by atoms with Crippen molar-refractivity contribution in [2.75, 3.05) is 18.0 Å². The van der Waals surface area contributed by atoms with Gasteiger partial charge in [0.2, 0.25) is 0 Å². The first kappa shape index (κ1) is 27.0. The summed E-state index contributed by atoms with van der Waals surface area (Å²) >= 11 is 5.65. The van der Waals surface area contributed by atoms with Crippen molar-refractivity contribution in [1.29, 1.82) is 5.26 Å². The molecule has 2 amide bonds. The molecule has 13 heteroatoms. The number of rotatable bonds is 6. The number of carbonyl (C=O) groups is 2. The van der Waals surface area contributed by atoms with Crippen LogP contribution in [0.1, 0.15) is 53.7 Å². The number of halogens is 4. The lowest BCUT2D eigenvalue weighted by molar-refractivity contribution is -0.138. The summed E-state index contributed by atoms with van der Waals surface area (Å²) in [5, 5.41) is 11.7. The van der Waals surface area contributed by atoms with E-state index in [0.717, 1.165) is 11.1 Å². The zero-order chi connectivity index (χ0) is 27.9. The first-order chi connectivity index (χ1) is 18.6. The van der Waals surface area contributed by atoms with Crippen LogP contribution in [-0.2, 0) is 11.0 Å². The zero-order valence-corrected chi connectivity index (χ0v) is 21.4. The van der Waals surface area contributed by atoms with Crippen LogP contribution in [0.2, 0.25) is 0 Å². The average molecular weight is 561 g/mol. The van der Waals surface area contributed by atoms with Gasteiger partial charge in [0.05, 0.1) is 30.2 Å². The Balaban J connectivity index is 1.40. The number of likely N-dealkylation sites (tertiary alicyclic amines) is 1. The summed E-state index contributed by atoms with van der Waals surface area (Å²) < 4.78 is 56.4. The van der Waals surface area contributed by atoms with Crippen molar-refractivity contribution in [1.82, 2.24) is 20.1 Å². The van der Waals surface area contributed by atoms with Crippen LogP contribution in [0, 0.1) is 11.3 Å². The van der Waals surface area contributed by atoms with Crippen LogP contribution in [-0.4, -0.2) is 62.8 Å². The third kappa shape index (κ3) is 4.61. The van der Waals surface area contributed by atoms with Gasteiger partial charge in [-0.2, -0.15) is 18.4 Å². The fraction of sp³-hybridized carbons (Fsp3) is 0.423. The lowest BCUT2D eigenvalue weighted by Gasteiger charge is -2.48. The Morgan fingerprint density at radius 1 is 1.26 bits per heavy atom. The molecule has 204 valence electrons. The summed E-state index contributed by atoms with van der Waals surface area (Å²) in [4.78, 5) is 34.0. The minimum Gasteiger partial charge on any atom is -0.348 e. The summed E-state index contributed by atoms with van der Waals surface area (Å²) in [5.74, 6) is -0.908. The van der Waals surface area contributed by atoms with E-state index in [1.165, 1.54) is 11.0 Å². The van der Waals surface area contributed by atoms with Crippen LogP contribution in [0.15, 0.2) is 42.6 Å². The van der Waals surface area contributed by atoms with Gasteiger partial charge < -0.3 is 10.2 Å². The maximum Gasteiger partial charge on any atom is 0.419 e. The molecule has 3 aliphatic rings. The molecule has 3 fully saturated rings. The van der Waals surface area contributed by atoms with E-state index < -0.39 is 47.2 Å². The number of carbonyl (C=O) groups excluding carboxylic acids is 2. The number of alkyl halides is 4. The second-order valence-electron chi connectivity index (χ2n) is 9.75. The molecule has 5 rings (SSSR count). The third-order valence-electron chi connectivity index (χ3n) is 7.57. The number of hydrogen-bond acceptors (Lipinski definition) is 6. The van der Waals surface area contributed by atoms with E-state index in [1.54, 1.807) is 35.2 Å². The van der Waals surface area contributed by atoms with Gasteiger partial charge in [-0.25, -0.2) is 9.37 Å². The van der Waals surface area contributed by atoms with Crippen molar-refractivity contribution in [2.45, 2.75) is 56.3 Å². The van der Waals surface area contributed by atoms with E-state index in [0.29, 0.717) is 50.3 Å². The van der Waals surface area contributed by atoms with Gasteiger partial charge >= 0.3 is 6.18 Å². The molecule has 1 aromatic carbocycles. The Kier molecular flexibility index (Phi) is 7.02. The van der Waals surface area contributed by atoms with Gasteiger partial charge in [0.15, 0.2) is 17.1 Å². The summed E-state index contributed by atoms with van der Waals surface area (Å²) in [5.41, 5.74) is -2.96. The number of nitrogens with one attached hydrogen (secondary N) is 1. The fourth-order valence-corrected chi connectivity index (χ4v) is 6.02. The highest BCUT2D eigenvalue weighted by Gasteiger charge is 2.62. The second-order valence-corrected chi connectivity index (χ2v) is 10.1. The minimum absolute atomic E-state index is 0.0308. The molecule has 2 aromatic rings. The van der Waals surface area contributed by atoms with Gasteiger partial charge in [-0.1, -0.05) is 18.2 Å². The van der Waals surface area contributed by atoms with E-state index in [1.807, 2.05) is 0 Å². The number of pyridine rings is 1. The maximum atomic E-state index is 15.6. The summed E-state index contributed by atoms with van der Waals surface area (Å²) in [6, 6.07) is 10.5. The van der Waals surface area contributed by atoms with E-state index >= 15 is 4.39 Å². The molecular formula is C26H24F4N6O2S. The first-order valence-electron chi connectivity index (χ1n) is 12.5. The number of hydrogen-bond donors (Lipinski definition) is 1. The average Bonchev–Trinajstić information content (AvgIpc) is 3.46. The van der Waals surface area contributed by atoms with Crippen molar-refractivity contribution in [2.24, 2.45) is 0 Å². The number of thiocarbonyl (C=S) groups is 1. The Morgan fingerprint density at radius 3 is 2.59 bits per heavy atom. The Bertz CT molecular complexity index is 1340. The number of amides is 2. The molecule has 2 aliphatic heterocycles. The highest BCUT2D eigenvalue weighted by atomic mass is 32.1. The minimum atomic E-state index is -4.86. The maximum absolute atomic E-state index is 15.6. The number of aromatic nitrogens is 1. The molecule has 1 spiro atoms. The van der Waals surface area contributed by atoms with Crippen LogP contribution < -0.4 is 10.2 Å². The van der Waals surface area contributed by atoms with Crippen LogP contribution in [0.5, 0.6) is 0 Å². The Morgan fingerprint density at radius 2 is 1.97 bits per heavy atom. The van der Waals surface area contributed by atoms with Crippen LogP contribution in [0.3, 0.4) is 0 Å². The lowest BCUT2D eigenvalue weighted by Crippen LogP contribution is -2.62. The molecule has 8 nitrogen and oxygen atoms in total. The second kappa shape index (κ2) is 10.2. The quantitative estimate of drug-likeness (QED) is 0.325. The zero-order valence-electron chi connectivity index (χ0n) is 20.6. The molecule has 1 N–H and O–H groups in total. The molecule has 1 aliphatic carbocycles. The van der Waals surface area contributed by atoms with Crippen molar-refractivity contribution in [3.63, 3.8) is 0 Å². The summed E-state index contributed by atoms with van der Waals surface area (Å²) in [6.45, 7) is 0.0665. The van der Waals surface area contributed by atoms with E-state index in [2.05, 4.69) is 10.3 Å². The van der Waals surface area contributed by atoms with Crippen molar-refractivity contribution in [3.05, 3.63) is 59.4 Å². The standard InChI is InChI=1S/C26H24F4N6O2S/c27-20(15-33-22(37)16-6-2-1-3-7-16)34-11-4-8-21(34)36-24(39)35(23(38)25(36)9-5-10-25)17-12-18(26(28,29)30)19(13-31)32-14-17/h1-3,6-7,12,14,20-21H,4-5,8-11,15H2,(H,33,37). The highest BCUT2D eigenvalue weighted by molar-refractivity contribution is 7.80. The van der Waals surface area contributed by atoms with Crippen molar-refractivity contribution >= 4 is 34.8 Å². The molecule has 1 saturated carbocycles. The smallest absolute Gasteiger partial charge is 0.348 e. The topological polar surface area (TPSA) is 92.6 Å². The predicted molar refractivity (Wildman–Crippen MR) is 136 cm³/mol. The molecule has 0 bridgehead atoms. The number of anilines is 1. The Hall–Kier alpha value is -3.63. The van der Waals surface area contributed by atoms with Crippen LogP contribution >= 0.6 is 12.2 Å². The van der Waals surface area contributed by atoms with Crippen LogP contribution in [0.25, 0.3) is 0 Å². The van der Waals surface area contributed by atoms with Gasteiger partial charge in [0.25, 0.3) is 11.8 Å². The monoisotopic (exact) mass is 560 g/mol. The van der Waals surface area contributed by atoms with Crippen molar-refractivity contribution in [3.8, 4) is 6.07 Å². The molecule has 0 radical (unpaired) electrons. The highest BCUT2D eigenvalue weighted by Crippen LogP contribution is 2.49. The van der Waals surface area contributed by atoms with E-state index in [-0.39, 0.29) is 17.3 Å². The summed E-state index contributed by atoms with van der Waals surface area (Å²) in [6.07, 6.45) is -3.40. The SMILES string of the molecule is N#Cc1ncc(N2C(=O)C3(CCC3)N(C3CCCN3C(F)CNC(=O)c3ccccc3)C2=S)cc1C(F)(F)F. The van der Waals surface area contributed by atoms with Crippen molar-refractivity contribution < 1.29 is 27.2 Å². The van der Waals surface area contributed by atoms with E-state index in [4.69, 9.17) is 17.5 Å². The number of benzene rings is 1. The molecule has 2 atom stereocenters. The molecule has 2 saturated heterocycles. The van der Waals surface area contributed by atoms with Gasteiger partial charge in [-0.05, 0) is 62.5 Å². The number of nitriles is 1. The first-order valence-corrected chi connectivity index (χ1v) is 12.9. The van der Waals surface area contributed by atoms with E-state index in [9.17, 15) is 22.8 Å².